The highest BCUT2D eigenvalue weighted by molar-refractivity contribution is 5.13. The quantitative estimate of drug-likeness (QED) is 0.706. The summed E-state index contributed by atoms with van der Waals surface area (Å²) >= 11 is 0. The molecular weight excluding hydrogens is 150 g/mol. The number of aromatic nitrogens is 2. The minimum atomic E-state index is 0.669. The van der Waals surface area contributed by atoms with Gasteiger partial charge in [-0.1, -0.05) is 0 Å². The molecule has 0 saturated heterocycles. The first-order valence-corrected chi connectivity index (χ1v) is 4.51. The SMILES string of the molecule is Cn1nccc1C1CCC1CN. The van der Waals surface area contributed by atoms with Crippen molar-refractivity contribution in [2.45, 2.75) is 18.8 Å². The number of hydrogen-bond donors (Lipinski definition) is 1. The van der Waals surface area contributed by atoms with E-state index in [1.807, 2.05) is 17.9 Å². The maximum atomic E-state index is 5.65. The Balaban J connectivity index is 2.15. The van der Waals surface area contributed by atoms with Gasteiger partial charge in [0.05, 0.1) is 0 Å². The Hall–Kier alpha value is -0.830. The smallest absolute Gasteiger partial charge is 0.0492 e. The second-order valence-electron chi connectivity index (χ2n) is 3.56. The average Bonchev–Trinajstić information content (AvgIpc) is 2.36. The molecule has 1 aromatic heterocycles. The Kier molecular flexibility index (Phi) is 1.89. The van der Waals surface area contributed by atoms with E-state index in [1.165, 1.54) is 18.5 Å². The van der Waals surface area contributed by atoms with Crippen LogP contribution in [0.4, 0.5) is 0 Å². The molecule has 3 nitrogen and oxygen atoms in total. The highest BCUT2D eigenvalue weighted by Gasteiger charge is 2.32. The number of aryl methyl sites for hydroxylation is 1. The Morgan fingerprint density at radius 3 is 2.92 bits per heavy atom. The predicted molar refractivity (Wildman–Crippen MR) is 47.7 cm³/mol. The Labute approximate surface area is 72.6 Å². The Bertz CT molecular complexity index is 264. The lowest BCUT2D eigenvalue weighted by Crippen LogP contribution is -2.31. The van der Waals surface area contributed by atoms with Crippen LogP contribution in [0.25, 0.3) is 0 Å². The van der Waals surface area contributed by atoms with Gasteiger partial charge in [0, 0.05) is 24.9 Å². The molecule has 1 aliphatic carbocycles. The van der Waals surface area contributed by atoms with Crippen LogP contribution in [0.2, 0.25) is 0 Å². The van der Waals surface area contributed by atoms with E-state index in [4.69, 9.17) is 5.73 Å². The molecule has 0 aliphatic heterocycles. The molecule has 1 fully saturated rings. The number of hydrogen-bond acceptors (Lipinski definition) is 2. The second kappa shape index (κ2) is 2.90. The van der Waals surface area contributed by atoms with Crippen molar-refractivity contribution in [2.75, 3.05) is 6.54 Å². The molecule has 0 aromatic carbocycles. The van der Waals surface area contributed by atoms with Gasteiger partial charge in [-0.2, -0.15) is 5.10 Å². The third kappa shape index (κ3) is 1.05. The van der Waals surface area contributed by atoms with Gasteiger partial charge >= 0.3 is 0 Å². The van der Waals surface area contributed by atoms with Crippen molar-refractivity contribution in [2.24, 2.45) is 18.7 Å². The van der Waals surface area contributed by atoms with Crippen LogP contribution >= 0.6 is 0 Å². The van der Waals surface area contributed by atoms with Crippen LogP contribution in [0, 0.1) is 5.92 Å². The average molecular weight is 165 g/mol. The minimum Gasteiger partial charge on any atom is -0.330 e. The summed E-state index contributed by atoms with van der Waals surface area (Å²) in [5, 5.41) is 4.16. The topological polar surface area (TPSA) is 43.8 Å². The molecule has 2 N–H and O–H groups in total. The fourth-order valence-corrected chi connectivity index (χ4v) is 1.99. The molecule has 0 bridgehead atoms. The van der Waals surface area contributed by atoms with Crippen molar-refractivity contribution in [3.8, 4) is 0 Å². The molecule has 1 aliphatic rings. The van der Waals surface area contributed by atoms with E-state index < -0.39 is 0 Å². The molecule has 1 aromatic rings. The van der Waals surface area contributed by atoms with E-state index in [1.54, 1.807) is 0 Å². The van der Waals surface area contributed by atoms with Crippen LogP contribution < -0.4 is 5.73 Å². The van der Waals surface area contributed by atoms with Crippen LogP contribution in [-0.2, 0) is 7.05 Å². The summed E-state index contributed by atoms with van der Waals surface area (Å²) < 4.78 is 1.96. The molecule has 2 atom stereocenters. The molecule has 1 saturated carbocycles. The molecule has 2 unspecified atom stereocenters. The lowest BCUT2D eigenvalue weighted by molar-refractivity contribution is 0.252. The van der Waals surface area contributed by atoms with Gasteiger partial charge in [-0.15, -0.1) is 0 Å². The molecule has 0 radical (unpaired) electrons. The first-order chi connectivity index (χ1) is 5.83. The standard InChI is InChI=1S/C9H15N3/c1-12-9(4-5-11-12)8-3-2-7(8)6-10/h4-5,7-8H,2-3,6,10H2,1H3. The van der Waals surface area contributed by atoms with Crippen molar-refractivity contribution in [1.29, 1.82) is 0 Å². The summed E-state index contributed by atoms with van der Waals surface area (Å²) in [5.41, 5.74) is 6.99. The van der Waals surface area contributed by atoms with Crippen LogP contribution in [0.15, 0.2) is 12.3 Å². The summed E-state index contributed by atoms with van der Waals surface area (Å²) in [4.78, 5) is 0. The molecule has 66 valence electrons. The molecule has 0 spiro atoms. The first-order valence-electron chi connectivity index (χ1n) is 4.51. The summed E-state index contributed by atoms with van der Waals surface area (Å²) in [5.74, 6) is 1.36. The van der Waals surface area contributed by atoms with Gasteiger partial charge in [0.1, 0.15) is 0 Å². The van der Waals surface area contributed by atoms with Crippen molar-refractivity contribution < 1.29 is 0 Å². The van der Waals surface area contributed by atoms with Gasteiger partial charge in [-0.25, -0.2) is 0 Å². The molecule has 0 amide bonds. The zero-order valence-corrected chi connectivity index (χ0v) is 7.40. The van der Waals surface area contributed by atoms with E-state index in [9.17, 15) is 0 Å². The summed E-state index contributed by atoms with van der Waals surface area (Å²) in [7, 11) is 2.00. The maximum absolute atomic E-state index is 5.65. The number of nitrogens with two attached hydrogens (primary N) is 1. The highest BCUT2D eigenvalue weighted by atomic mass is 15.3. The summed E-state index contributed by atoms with van der Waals surface area (Å²) in [6.07, 6.45) is 4.43. The van der Waals surface area contributed by atoms with Crippen LogP contribution in [0.5, 0.6) is 0 Å². The highest BCUT2D eigenvalue weighted by Crippen LogP contribution is 2.41. The van der Waals surface area contributed by atoms with Gasteiger partial charge < -0.3 is 5.73 Å². The van der Waals surface area contributed by atoms with Gasteiger partial charge in [0.2, 0.25) is 0 Å². The van der Waals surface area contributed by atoms with Crippen molar-refractivity contribution in [1.82, 2.24) is 9.78 Å². The van der Waals surface area contributed by atoms with Crippen LogP contribution in [0.1, 0.15) is 24.5 Å². The Morgan fingerprint density at radius 1 is 1.67 bits per heavy atom. The molecular formula is C9H15N3. The van der Waals surface area contributed by atoms with Crippen molar-refractivity contribution in [3.05, 3.63) is 18.0 Å². The van der Waals surface area contributed by atoms with E-state index in [-0.39, 0.29) is 0 Å². The van der Waals surface area contributed by atoms with Crippen molar-refractivity contribution in [3.63, 3.8) is 0 Å². The fourth-order valence-electron chi connectivity index (χ4n) is 1.99. The van der Waals surface area contributed by atoms with E-state index in [0.717, 1.165) is 6.54 Å². The largest absolute Gasteiger partial charge is 0.330 e. The maximum Gasteiger partial charge on any atom is 0.0492 e. The molecule has 1 heterocycles. The van der Waals surface area contributed by atoms with Gasteiger partial charge in [0.15, 0.2) is 0 Å². The summed E-state index contributed by atoms with van der Waals surface area (Å²) in [6, 6.07) is 2.10. The van der Waals surface area contributed by atoms with Crippen LogP contribution in [0.3, 0.4) is 0 Å². The molecule has 3 heteroatoms. The Morgan fingerprint density at radius 2 is 2.50 bits per heavy atom. The van der Waals surface area contributed by atoms with E-state index in [0.29, 0.717) is 11.8 Å². The van der Waals surface area contributed by atoms with E-state index in [2.05, 4.69) is 11.2 Å². The lowest BCUT2D eigenvalue weighted by atomic mass is 9.72. The monoisotopic (exact) mass is 165 g/mol. The normalized spacial score (nSPS) is 28.5. The second-order valence-corrected chi connectivity index (χ2v) is 3.56. The number of rotatable bonds is 2. The number of nitrogens with zero attached hydrogens (tertiary/aromatic N) is 2. The molecule has 12 heavy (non-hydrogen) atoms. The third-order valence-electron chi connectivity index (χ3n) is 2.96. The van der Waals surface area contributed by atoms with Gasteiger partial charge in [-0.3, -0.25) is 4.68 Å². The van der Waals surface area contributed by atoms with E-state index >= 15 is 0 Å². The minimum absolute atomic E-state index is 0.669. The summed E-state index contributed by atoms with van der Waals surface area (Å²) in [6.45, 7) is 0.815. The third-order valence-corrected chi connectivity index (χ3v) is 2.96. The zero-order chi connectivity index (χ0) is 8.55. The van der Waals surface area contributed by atoms with Crippen molar-refractivity contribution >= 4 is 0 Å². The predicted octanol–water partition coefficient (Wildman–Crippen LogP) is 0.872. The molecule has 2 rings (SSSR count). The van der Waals surface area contributed by atoms with Gasteiger partial charge in [-0.05, 0) is 31.4 Å². The zero-order valence-electron chi connectivity index (χ0n) is 7.40. The fraction of sp³-hybridized carbons (Fsp3) is 0.667. The van der Waals surface area contributed by atoms with Gasteiger partial charge in [0.25, 0.3) is 0 Å². The first kappa shape index (κ1) is 7.80. The van der Waals surface area contributed by atoms with Crippen LogP contribution in [-0.4, -0.2) is 16.3 Å². The lowest BCUT2D eigenvalue weighted by Gasteiger charge is -2.35.